The summed E-state index contributed by atoms with van der Waals surface area (Å²) in [6.07, 6.45) is -0.831. The van der Waals surface area contributed by atoms with Crippen molar-refractivity contribution >= 4 is 28.9 Å². The first-order chi connectivity index (χ1) is 7.86. The number of rotatable bonds is 2. The lowest BCUT2D eigenvalue weighted by Crippen LogP contribution is -2.42. The van der Waals surface area contributed by atoms with E-state index in [0.29, 0.717) is 9.90 Å². The normalized spacial score (nSPS) is 22.3. The molecule has 0 saturated heterocycles. The lowest BCUT2D eigenvalue weighted by Gasteiger charge is -2.35. The van der Waals surface area contributed by atoms with Crippen molar-refractivity contribution in [1.29, 1.82) is 0 Å². The Morgan fingerprint density at radius 2 is 1.94 bits per heavy atom. The Balaban J connectivity index is 2.33. The van der Waals surface area contributed by atoms with Gasteiger partial charge < -0.3 is 5.11 Å². The molecule has 1 aromatic heterocycles. The monoisotopic (exact) mass is 280 g/mol. The van der Waals surface area contributed by atoms with Crippen LogP contribution in [-0.4, -0.2) is 17.0 Å². The summed E-state index contributed by atoms with van der Waals surface area (Å²) in [5, 5.41) is 11.4. The number of thiophene rings is 1. The third-order valence-corrected chi connectivity index (χ3v) is 4.77. The van der Waals surface area contributed by atoms with Crippen LogP contribution in [0.2, 0.25) is 5.02 Å². The summed E-state index contributed by atoms with van der Waals surface area (Å²) in [5.41, 5.74) is -1.18. The van der Waals surface area contributed by atoms with Crippen molar-refractivity contribution in [2.45, 2.75) is 37.0 Å². The van der Waals surface area contributed by atoms with Crippen molar-refractivity contribution in [3.8, 4) is 0 Å². The molecule has 1 N–H and O–H groups in total. The molecule has 0 unspecified atom stereocenters. The molecule has 1 heterocycles. The van der Waals surface area contributed by atoms with E-state index in [4.69, 9.17) is 11.6 Å². The van der Waals surface area contributed by atoms with Gasteiger partial charge in [-0.25, -0.2) is 8.78 Å². The quantitative estimate of drug-likeness (QED) is 0.891. The molecule has 0 atom stereocenters. The highest BCUT2D eigenvalue weighted by Crippen LogP contribution is 2.47. The van der Waals surface area contributed by atoms with Gasteiger partial charge in [-0.15, -0.1) is 11.3 Å². The van der Waals surface area contributed by atoms with Crippen LogP contribution in [0.15, 0.2) is 11.4 Å². The molecule has 0 spiro atoms. The maximum absolute atomic E-state index is 13.1. The van der Waals surface area contributed by atoms with Gasteiger partial charge in [0, 0.05) is 23.1 Å². The molecule has 17 heavy (non-hydrogen) atoms. The Morgan fingerprint density at radius 3 is 2.35 bits per heavy atom. The van der Waals surface area contributed by atoms with E-state index in [1.165, 1.54) is 11.3 Å². The summed E-state index contributed by atoms with van der Waals surface area (Å²) in [7, 11) is 0. The van der Waals surface area contributed by atoms with Crippen LogP contribution in [0.3, 0.4) is 0 Å². The van der Waals surface area contributed by atoms with E-state index in [2.05, 4.69) is 0 Å². The molecule has 1 aliphatic carbocycles. The zero-order valence-corrected chi connectivity index (χ0v) is 10.5. The predicted molar refractivity (Wildman–Crippen MR) is 62.1 cm³/mol. The van der Waals surface area contributed by atoms with Crippen LogP contribution in [-0.2, 0) is 10.2 Å². The fourth-order valence-corrected chi connectivity index (χ4v) is 3.50. The number of halogens is 3. The van der Waals surface area contributed by atoms with E-state index in [9.17, 15) is 18.7 Å². The van der Waals surface area contributed by atoms with Crippen molar-refractivity contribution in [3.63, 3.8) is 0 Å². The minimum absolute atomic E-state index is 0.0355. The van der Waals surface area contributed by atoms with Gasteiger partial charge in [-0.3, -0.25) is 4.79 Å². The van der Waals surface area contributed by atoms with Crippen LogP contribution in [0, 0.1) is 0 Å². The Morgan fingerprint density at radius 1 is 1.35 bits per heavy atom. The molecule has 0 amide bonds. The molecule has 0 bridgehead atoms. The number of alkyl halides is 2. The van der Waals surface area contributed by atoms with E-state index in [1.54, 1.807) is 11.4 Å². The van der Waals surface area contributed by atoms with Gasteiger partial charge in [0.05, 0.1) is 5.02 Å². The van der Waals surface area contributed by atoms with Crippen molar-refractivity contribution in [2.75, 3.05) is 0 Å². The zero-order valence-electron chi connectivity index (χ0n) is 8.88. The summed E-state index contributed by atoms with van der Waals surface area (Å²) >= 11 is 7.00. The summed E-state index contributed by atoms with van der Waals surface area (Å²) in [4.78, 5) is 12.0. The first kappa shape index (κ1) is 12.8. The Kier molecular flexibility index (Phi) is 3.16. The first-order valence-corrected chi connectivity index (χ1v) is 6.47. The SMILES string of the molecule is O=C(O)C1(c2cc(Cl)cs2)CCC(F)(F)CC1. The largest absolute Gasteiger partial charge is 0.481 e. The fraction of sp³-hybridized carbons (Fsp3) is 0.545. The number of carbonyl (C=O) groups is 1. The van der Waals surface area contributed by atoms with Crippen LogP contribution in [0.4, 0.5) is 8.78 Å². The second kappa shape index (κ2) is 4.21. The lowest BCUT2D eigenvalue weighted by atomic mass is 9.72. The highest BCUT2D eigenvalue weighted by atomic mass is 35.5. The molecule has 6 heteroatoms. The Labute approximate surface area is 106 Å². The topological polar surface area (TPSA) is 37.3 Å². The van der Waals surface area contributed by atoms with Crippen LogP contribution in [0.1, 0.15) is 30.6 Å². The highest BCUT2D eigenvalue weighted by molar-refractivity contribution is 7.10. The standard InChI is InChI=1S/C11H11ClF2O2S/c12-7-5-8(17-6-7)10(9(15)16)1-3-11(13,14)4-2-10/h5-6H,1-4H2,(H,15,16). The van der Waals surface area contributed by atoms with E-state index in [0.717, 1.165) is 0 Å². The van der Waals surface area contributed by atoms with Gasteiger partial charge in [0.25, 0.3) is 0 Å². The smallest absolute Gasteiger partial charge is 0.314 e. The van der Waals surface area contributed by atoms with Gasteiger partial charge >= 0.3 is 5.97 Å². The van der Waals surface area contributed by atoms with Crippen molar-refractivity contribution in [3.05, 3.63) is 21.3 Å². The van der Waals surface area contributed by atoms with E-state index in [1.807, 2.05) is 0 Å². The third-order valence-electron chi connectivity index (χ3n) is 3.28. The van der Waals surface area contributed by atoms with Crippen LogP contribution in [0.25, 0.3) is 0 Å². The van der Waals surface area contributed by atoms with Crippen molar-refractivity contribution in [2.24, 2.45) is 0 Å². The molecule has 0 aliphatic heterocycles. The maximum atomic E-state index is 13.1. The van der Waals surface area contributed by atoms with Gasteiger partial charge in [0.2, 0.25) is 5.92 Å². The Bertz CT molecular complexity index is 434. The van der Waals surface area contributed by atoms with Gasteiger partial charge in [-0.2, -0.15) is 0 Å². The average Bonchev–Trinajstić information content (AvgIpc) is 2.65. The molecular formula is C11H11ClF2O2S. The minimum Gasteiger partial charge on any atom is -0.481 e. The molecule has 2 rings (SSSR count). The lowest BCUT2D eigenvalue weighted by molar-refractivity contribution is -0.148. The second-order valence-electron chi connectivity index (χ2n) is 4.37. The summed E-state index contributed by atoms with van der Waals surface area (Å²) in [5.74, 6) is -3.77. The molecule has 0 radical (unpaired) electrons. The minimum atomic E-state index is -2.74. The van der Waals surface area contributed by atoms with Crippen LogP contribution >= 0.6 is 22.9 Å². The Hall–Kier alpha value is -0.680. The van der Waals surface area contributed by atoms with Gasteiger partial charge in [-0.05, 0) is 18.9 Å². The summed E-state index contributed by atoms with van der Waals surface area (Å²) in [6, 6.07) is 1.57. The highest BCUT2D eigenvalue weighted by Gasteiger charge is 2.49. The molecule has 1 aromatic rings. The molecule has 1 saturated carbocycles. The fourth-order valence-electron chi connectivity index (χ4n) is 2.17. The zero-order chi connectivity index (χ0) is 12.7. The summed E-state index contributed by atoms with van der Waals surface area (Å²) in [6.45, 7) is 0. The second-order valence-corrected chi connectivity index (χ2v) is 5.72. The number of aliphatic carboxylic acids is 1. The molecule has 2 nitrogen and oxygen atoms in total. The summed E-state index contributed by atoms with van der Waals surface area (Å²) < 4.78 is 26.2. The number of hydrogen-bond acceptors (Lipinski definition) is 2. The number of carboxylic acid groups (broad SMARTS) is 1. The van der Waals surface area contributed by atoms with Crippen molar-refractivity contribution in [1.82, 2.24) is 0 Å². The van der Waals surface area contributed by atoms with Gasteiger partial charge in [0.15, 0.2) is 0 Å². The first-order valence-electron chi connectivity index (χ1n) is 5.21. The van der Waals surface area contributed by atoms with E-state index in [-0.39, 0.29) is 25.7 Å². The average molecular weight is 281 g/mol. The molecule has 1 fully saturated rings. The third kappa shape index (κ3) is 2.31. The van der Waals surface area contributed by atoms with Crippen molar-refractivity contribution < 1.29 is 18.7 Å². The molecule has 0 aromatic carbocycles. The molecule has 94 valence electrons. The molecule has 1 aliphatic rings. The van der Waals surface area contributed by atoms with Gasteiger partial charge in [0.1, 0.15) is 5.41 Å². The van der Waals surface area contributed by atoms with Gasteiger partial charge in [-0.1, -0.05) is 11.6 Å². The van der Waals surface area contributed by atoms with E-state index < -0.39 is 17.3 Å². The number of hydrogen-bond donors (Lipinski definition) is 1. The maximum Gasteiger partial charge on any atom is 0.314 e. The van der Waals surface area contributed by atoms with E-state index >= 15 is 0 Å². The van der Waals surface area contributed by atoms with Crippen LogP contribution < -0.4 is 0 Å². The predicted octanol–water partition coefficient (Wildman–Crippen LogP) is 3.93. The molecular weight excluding hydrogens is 270 g/mol. The van der Waals surface area contributed by atoms with Crippen LogP contribution in [0.5, 0.6) is 0 Å². The number of carboxylic acids is 1.